The molecule has 110 valence electrons. The molecule has 0 aromatic heterocycles. The van der Waals surface area contributed by atoms with Gasteiger partial charge < -0.3 is 15.5 Å². The van der Waals surface area contributed by atoms with Crippen molar-refractivity contribution in [3.8, 4) is 5.75 Å². The smallest absolute Gasteiger partial charge is 0.311 e. The van der Waals surface area contributed by atoms with Crippen LogP contribution in [0.25, 0.3) is 0 Å². The van der Waals surface area contributed by atoms with Gasteiger partial charge in [0, 0.05) is 6.07 Å². The highest BCUT2D eigenvalue weighted by Crippen LogP contribution is 2.31. The summed E-state index contributed by atoms with van der Waals surface area (Å²) in [6, 6.07) is 3.01. The van der Waals surface area contributed by atoms with Gasteiger partial charge in [0.25, 0.3) is 5.91 Å². The summed E-state index contributed by atoms with van der Waals surface area (Å²) in [6.07, 6.45) is 0. The average molecular weight is 283 g/mol. The van der Waals surface area contributed by atoms with E-state index in [2.05, 4.69) is 5.32 Å². The zero-order valence-electron chi connectivity index (χ0n) is 11.8. The van der Waals surface area contributed by atoms with Crippen LogP contribution >= 0.6 is 0 Å². The molecular weight excluding hydrogens is 265 g/mol. The Kier molecular flexibility index (Phi) is 4.07. The Bertz CT molecular complexity index is 552. The molecule has 0 aliphatic rings. The van der Waals surface area contributed by atoms with Crippen molar-refractivity contribution in [2.45, 2.75) is 33.2 Å². The number of phenols is 1. The molecule has 0 unspecified atom stereocenters. The third-order valence-electron chi connectivity index (χ3n) is 3.73. The SMILES string of the molecule is CC(C)(NC(=O)c1ccc(F)cc1O)C(C)(C)C(=O)O. The lowest BCUT2D eigenvalue weighted by Crippen LogP contribution is -2.56. The Morgan fingerprint density at radius 1 is 1.20 bits per heavy atom. The fraction of sp³-hybridized carbons (Fsp3) is 0.429. The molecule has 20 heavy (non-hydrogen) atoms. The van der Waals surface area contributed by atoms with E-state index in [1.807, 2.05) is 0 Å². The van der Waals surface area contributed by atoms with Crippen LogP contribution in [0.15, 0.2) is 18.2 Å². The lowest BCUT2D eigenvalue weighted by atomic mass is 9.74. The van der Waals surface area contributed by atoms with E-state index in [-0.39, 0.29) is 5.56 Å². The highest BCUT2D eigenvalue weighted by atomic mass is 19.1. The zero-order valence-corrected chi connectivity index (χ0v) is 11.8. The molecule has 5 nitrogen and oxygen atoms in total. The second-order valence-electron chi connectivity index (χ2n) is 5.67. The van der Waals surface area contributed by atoms with Crippen LogP contribution in [-0.4, -0.2) is 27.6 Å². The molecule has 1 amide bonds. The van der Waals surface area contributed by atoms with Crippen LogP contribution < -0.4 is 5.32 Å². The van der Waals surface area contributed by atoms with Gasteiger partial charge >= 0.3 is 5.97 Å². The van der Waals surface area contributed by atoms with Gasteiger partial charge in [0.2, 0.25) is 0 Å². The first-order valence-electron chi connectivity index (χ1n) is 6.03. The summed E-state index contributed by atoms with van der Waals surface area (Å²) in [5, 5.41) is 21.3. The minimum absolute atomic E-state index is 0.110. The highest BCUT2D eigenvalue weighted by molar-refractivity contribution is 5.97. The number of carbonyl (C=O) groups excluding carboxylic acids is 1. The maximum absolute atomic E-state index is 12.9. The van der Waals surface area contributed by atoms with Crippen molar-refractivity contribution in [1.82, 2.24) is 5.32 Å². The highest BCUT2D eigenvalue weighted by Gasteiger charge is 2.44. The lowest BCUT2D eigenvalue weighted by Gasteiger charge is -2.38. The molecule has 6 heteroatoms. The van der Waals surface area contributed by atoms with Crippen molar-refractivity contribution in [1.29, 1.82) is 0 Å². The van der Waals surface area contributed by atoms with Crippen molar-refractivity contribution in [3.63, 3.8) is 0 Å². The molecule has 1 rings (SSSR count). The molecule has 1 aromatic carbocycles. The van der Waals surface area contributed by atoms with Crippen LogP contribution in [-0.2, 0) is 4.79 Å². The van der Waals surface area contributed by atoms with E-state index in [0.29, 0.717) is 0 Å². The number of benzene rings is 1. The van der Waals surface area contributed by atoms with Crippen LogP contribution in [0.4, 0.5) is 4.39 Å². The second-order valence-corrected chi connectivity index (χ2v) is 5.67. The summed E-state index contributed by atoms with van der Waals surface area (Å²) in [4.78, 5) is 23.3. The molecule has 0 atom stereocenters. The monoisotopic (exact) mass is 283 g/mol. The number of hydrogen-bond acceptors (Lipinski definition) is 3. The first kappa shape index (κ1) is 15.9. The van der Waals surface area contributed by atoms with Gasteiger partial charge in [0.1, 0.15) is 11.6 Å². The second kappa shape index (κ2) is 5.11. The van der Waals surface area contributed by atoms with Crippen LogP contribution in [0.5, 0.6) is 5.75 Å². The van der Waals surface area contributed by atoms with Crippen LogP contribution in [0, 0.1) is 11.2 Å². The van der Waals surface area contributed by atoms with Crippen molar-refractivity contribution in [2.75, 3.05) is 0 Å². The van der Waals surface area contributed by atoms with Gasteiger partial charge in [-0.2, -0.15) is 0 Å². The first-order chi connectivity index (χ1) is 8.99. The number of nitrogens with one attached hydrogen (secondary N) is 1. The van der Waals surface area contributed by atoms with E-state index in [9.17, 15) is 24.2 Å². The van der Waals surface area contributed by atoms with Gasteiger partial charge in [-0.3, -0.25) is 9.59 Å². The Morgan fingerprint density at radius 3 is 2.20 bits per heavy atom. The van der Waals surface area contributed by atoms with E-state index in [0.717, 1.165) is 18.2 Å². The largest absolute Gasteiger partial charge is 0.507 e. The number of aromatic hydroxyl groups is 1. The van der Waals surface area contributed by atoms with Gasteiger partial charge in [-0.05, 0) is 39.8 Å². The quantitative estimate of drug-likeness (QED) is 0.790. The predicted molar refractivity (Wildman–Crippen MR) is 71.0 cm³/mol. The van der Waals surface area contributed by atoms with Gasteiger partial charge in [0.05, 0.1) is 16.5 Å². The van der Waals surface area contributed by atoms with Crippen LogP contribution in [0.1, 0.15) is 38.1 Å². The molecule has 0 saturated carbocycles. The number of carboxylic acid groups (broad SMARTS) is 1. The zero-order chi connectivity index (χ0) is 15.7. The number of halogens is 1. The number of phenolic OH excluding ortho intramolecular Hbond substituents is 1. The van der Waals surface area contributed by atoms with E-state index in [1.54, 1.807) is 13.8 Å². The molecule has 0 bridgehead atoms. The van der Waals surface area contributed by atoms with Crippen molar-refractivity contribution in [2.24, 2.45) is 5.41 Å². The molecule has 1 aromatic rings. The third-order valence-corrected chi connectivity index (χ3v) is 3.73. The molecule has 0 heterocycles. The summed E-state index contributed by atoms with van der Waals surface area (Å²) in [5.41, 5.74) is -2.41. The number of rotatable bonds is 4. The normalized spacial score (nSPS) is 12.1. The van der Waals surface area contributed by atoms with Gasteiger partial charge in [0.15, 0.2) is 0 Å². The molecule has 0 radical (unpaired) electrons. The van der Waals surface area contributed by atoms with Crippen LogP contribution in [0.3, 0.4) is 0 Å². The van der Waals surface area contributed by atoms with Gasteiger partial charge in [-0.25, -0.2) is 4.39 Å². The van der Waals surface area contributed by atoms with E-state index >= 15 is 0 Å². The predicted octanol–water partition coefficient (Wildman–Crippen LogP) is 2.15. The summed E-state index contributed by atoms with van der Waals surface area (Å²) in [6.45, 7) is 6.11. The molecule has 0 fully saturated rings. The number of carbonyl (C=O) groups is 2. The Morgan fingerprint density at radius 2 is 1.75 bits per heavy atom. The topological polar surface area (TPSA) is 86.6 Å². The molecule has 0 spiro atoms. The third kappa shape index (κ3) is 2.89. The average Bonchev–Trinajstić information content (AvgIpc) is 2.27. The van der Waals surface area contributed by atoms with Crippen molar-refractivity contribution >= 4 is 11.9 Å². The number of aliphatic carboxylic acids is 1. The maximum Gasteiger partial charge on any atom is 0.311 e. The van der Waals surface area contributed by atoms with Crippen molar-refractivity contribution < 1.29 is 24.2 Å². The minimum Gasteiger partial charge on any atom is -0.507 e. The minimum atomic E-state index is -1.22. The molecule has 0 saturated heterocycles. The Hall–Kier alpha value is -2.11. The van der Waals surface area contributed by atoms with E-state index < -0.39 is 34.4 Å². The van der Waals surface area contributed by atoms with E-state index in [1.165, 1.54) is 13.8 Å². The fourth-order valence-corrected chi connectivity index (χ4v) is 1.47. The fourth-order valence-electron chi connectivity index (χ4n) is 1.47. The van der Waals surface area contributed by atoms with E-state index in [4.69, 9.17) is 0 Å². The van der Waals surface area contributed by atoms with Gasteiger partial charge in [-0.15, -0.1) is 0 Å². The van der Waals surface area contributed by atoms with Gasteiger partial charge in [-0.1, -0.05) is 0 Å². The summed E-state index contributed by atoms with van der Waals surface area (Å²) in [5.74, 6) is -2.89. The first-order valence-corrected chi connectivity index (χ1v) is 6.03. The molecule has 0 aliphatic carbocycles. The molecular formula is C14H18FNO4. The summed E-state index contributed by atoms with van der Waals surface area (Å²) < 4.78 is 12.9. The molecule has 0 aliphatic heterocycles. The summed E-state index contributed by atoms with van der Waals surface area (Å²) in [7, 11) is 0. The number of carboxylic acids is 1. The standard InChI is InChI=1S/C14H18FNO4/c1-13(2,12(19)20)14(3,4)16-11(18)9-6-5-8(15)7-10(9)17/h5-7,17H,1-4H3,(H,16,18)(H,19,20). The maximum atomic E-state index is 12.9. The number of amides is 1. The van der Waals surface area contributed by atoms with Crippen LogP contribution in [0.2, 0.25) is 0 Å². The van der Waals surface area contributed by atoms with Crippen molar-refractivity contribution in [3.05, 3.63) is 29.6 Å². The molecule has 3 N–H and O–H groups in total. The summed E-state index contributed by atoms with van der Waals surface area (Å²) >= 11 is 0. The lowest BCUT2D eigenvalue weighted by molar-refractivity contribution is -0.150. The Balaban J connectivity index is 3.03. The number of hydrogen-bond donors (Lipinski definition) is 3. The Labute approximate surface area is 116 Å².